The van der Waals surface area contributed by atoms with Crippen molar-refractivity contribution in [2.45, 2.75) is 46.1 Å². The first-order valence-corrected chi connectivity index (χ1v) is 6.16. The van der Waals surface area contributed by atoms with Crippen LogP contribution in [-0.2, 0) is 4.79 Å². The molecular weight excluding hydrogens is 188 g/mol. The molecule has 0 aliphatic carbocycles. The number of rotatable bonds is 5. The van der Waals surface area contributed by atoms with Gasteiger partial charge < -0.3 is 10.6 Å². The maximum Gasteiger partial charge on any atom is 0.224 e. The Morgan fingerprint density at radius 2 is 2.27 bits per heavy atom. The zero-order valence-corrected chi connectivity index (χ0v) is 10.2. The summed E-state index contributed by atoms with van der Waals surface area (Å²) in [6.45, 7) is 8.23. The topological polar surface area (TPSA) is 41.1 Å². The zero-order valence-electron chi connectivity index (χ0n) is 10.2. The number of amides is 1. The van der Waals surface area contributed by atoms with E-state index in [1.165, 1.54) is 12.8 Å². The molecule has 0 aromatic carbocycles. The second-order valence-electron chi connectivity index (χ2n) is 4.79. The van der Waals surface area contributed by atoms with Crippen LogP contribution < -0.4 is 10.6 Å². The maximum atomic E-state index is 11.9. The molecule has 1 rings (SSSR count). The summed E-state index contributed by atoms with van der Waals surface area (Å²) < 4.78 is 0. The third-order valence-corrected chi connectivity index (χ3v) is 3.23. The standard InChI is InChI=1S/C12H24N2O/c1-4-5-6-10(3)14-12(15)11-8-13-7-9(11)2/h9-11,13H,4-8H2,1-3H3,(H,14,15)/t9-,10?,11-/m1/s1. The molecule has 3 heteroatoms. The summed E-state index contributed by atoms with van der Waals surface area (Å²) >= 11 is 0. The number of hydrogen-bond donors (Lipinski definition) is 2. The second-order valence-corrected chi connectivity index (χ2v) is 4.79. The van der Waals surface area contributed by atoms with Crippen molar-refractivity contribution < 1.29 is 4.79 Å². The molecule has 1 saturated heterocycles. The van der Waals surface area contributed by atoms with E-state index in [1.54, 1.807) is 0 Å². The van der Waals surface area contributed by atoms with Crippen LogP contribution in [0, 0.1) is 11.8 Å². The van der Waals surface area contributed by atoms with Crippen molar-refractivity contribution >= 4 is 5.91 Å². The lowest BCUT2D eigenvalue weighted by atomic mass is 9.97. The molecule has 1 heterocycles. The molecule has 0 radical (unpaired) electrons. The van der Waals surface area contributed by atoms with Crippen molar-refractivity contribution in [3.63, 3.8) is 0 Å². The van der Waals surface area contributed by atoms with Crippen LogP contribution in [-0.4, -0.2) is 25.0 Å². The normalized spacial score (nSPS) is 27.7. The van der Waals surface area contributed by atoms with Gasteiger partial charge >= 0.3 is 0 Å². The van der Waals surface area contributed by atoms with Gasteiger partial charge in [-0.05, 0) is 25.8 Å². The Morgan fingerprint density at radius 1 is 1.53 bits per heavy atom. The van der Waals surface area contributed by atoms with Gasteiger partial charge in [0, 0.05) is 12.6 Å². The quantitative estimate of drug-likeness (QED) is 0.726. The lowest BCUT2D eigenvalue weighted by Gasteiger charge is -2.18. The highest BCUT2D eigenvalue weighted by molar-refractivity contribution is 5.79. The molecule has 1 amide bonds. The van der Waals surface area contributed by atoms with E-state index >= 15 is 0 Å². The largest absolute Gasteiger partial charge is 0.353 e. The summed E-state index contributed by atoms with van der Waals surface area (Å²) in [5.74, 6) is 0.883. The van der Waals surface area contributed by atoms with Crippen molar-refractivity contribution in [2.24, 2.45) is 11.8 Å². The van der Waals surface area contributed by atoms with Crippen LogP contribution >= 0.6 is 0 Å². The maximum absolute atomic E-state index is 11.9. The van der Waals surface area contributed by atoms with Crippen LogP contribution in [0.1, 0.15) is 40.0 Å². The fourth-order valence-electron chi connectivity index (χ4n) is 2.09. The Kier molecular flexibility index (Phi) is 5.09. The Hall–Kier alpha value is -0.570. The first kappa shape index (κ1) is 12.5. The number of hydrogen-bond acceptors (Lipinski definition) is 2. The number of nitrogens with one attached hydrogen (secondary N) is 2. The van der Waals surface area contributed by atoms with E-state index in [-0.39, 0.29) is 11.8 Å². The van der Waals surface area contributed by atoms with Gasteiger partial charge in [0.05, 0.1) is 5.92 Å². The van der Waals surface area contributed by atoms with Crippen molar-refractivity contribution in [1.82, 2.24) is 10.6 Å². The third kappa shape index (κ3) is 3.82. The van der Waals surface area contributed by atoms with E-state index in [0.717, 1.165) is 19.5 Å². The molecule has 3 atom stereocenters. The highest BCUT2D eigenvalue weighted by Crippen LogP contribution is 2.16. The molecule has 1 aliphatic rings. The number of carbonyl (C=O) groups is 1. The lowest BCUT2D eigenvalue weighted by Crippen LogP contribution is -2.39. The van der Waals surface area contributed by atoms with Gasteiger partial charge in [-0.25, -0.2) is 0 Å². The fraction of sp³-hybridized carbons (Fsp3) is 0.917. The molecule has 1 aliphatic heterocycles. The van der Waals surface area contributed by atoms with Crippen LogP contribution in [0.25, 0.3) is 0 Å². The summed E-state index contributed by atoms with van der Waals surface area (Å²) in [7, 11) is 0. The lowest BCUT2D eigenvalue weighted by molar-refractivity contribution is -0.126. The summed E-state index contributed by atoms with van der Waals surface area (Å²) in [5, 5.41) is 6.37. The van der Waals surface area contributed by atoms with Crippen molar-refractivity contribution in [3.05, 3.63) is 0 Å². The van der Waals surface area contributed by atoms with Crippen LogP contribution in [0.5, 0.6) is 0 Å². The predicted molar refractivity (Wildman–Crippen MR) is 62.7 cm³/mol. The van der Waals surface area contributed by atoms with Crippen LogP contribution in [0.2, 0.25) is 0 Å². The van der Waals surface area contributed by atoms with Gasteiger partial charge in [-0.3, -0.25) is 4.79 Å². The molecule has 0 spiro atoms. The number of unbranched alkanes of at least 4 members (excludes halogenated alkanes) is 1. The van der Waals surface area contributed by atoms with Gasteiger partial charge in [0.2, 0.25) is 5.91 Å². The molecular formula is C12H24N2O. The molecule has 3 nitrogen and oxygen atoms in total. The first-order valence-electron chi connectivity index (χ1n) is 6.16. The van der Waals surface area contributed by atoms with E-state index in [9.17, 15) is 4.79 Å². The van der Waals surface area contributed by atoms with Crippen LogP contribution in [0.4, 0.5) is 0 Å². The summed E-state index contributed by atoms with van der Waals surface area (Å²) in [5.41, 5.74) is 0. The van der Waals surface area contributed by atoms with E-state index in [0.29, 0.717) is 12.0 Å². The minimum atomic E-state index is 0.175. The van der Waals surface area contributed by atoms with E-state index in [4.69, 9.17) is 0 Å². The Morgan fingerprint density at radius 3 is 2.80 bits per heavy atom. The average Bonchev–Trinajstić information content (AvgIpc) is 2.61. The SMILES string of the molecule is CCCCC(C)NC(=O)[C@@H]1CNC[C@H]1C. The Balaban J connectivity index is 2.28. The molecule has 0 saturated carbocycles. The summed E-state index contributed by atoms with van der Waals surface area (Å²) in [4.78, 5) is 11.9. The van der Waals surface area contributed by atoms with Gasteiger partial charge in [0.25, 0.3) is 0 Å². The minimum Gasteiger partial charge on any atom is -0.353 e. The molecule has 0 aromatic heterocycles. The smallest absolute Gasteiger partial charge is 0.224 e. The molecule has 2 N–H and O–H groups in total. The first-order chi connectivity index (χ1) is 7.15. The van der Waals surface area contributed by atoms with Gasteiger partial charge in [-0.1, -0.05) is 26.7 Å². The Bertz CT molecular complexity index is 206. The Labute approximate surface area is 93.0 Å². The fourth-order valence-corrected chi connectivity index (χ4v) is 2.09. The highest BCUT2D eigenvalue weighted by Gasteiger charge is 2.29. The second kappa shape index (κ2) is 6.11. The zero-order chi connectivity index (χ0) is 11.3. The van der Waals surface area contributed by atoms with E-state index in [1.807, 2.05) is 0 Å². The monoisotopic (exact) mass is 212 g/mol. The van der Waals surface area contributed by atoms with Crippen molar-refractivity contribution in [3.8, 4) is 0 Å². The van der Waals surface area contributed by atoms with Crippen molar-refractivity contribution in [1.29, 1.82) is 0 Å². The van der Waals surface area contributed by atoms with E-state index in [2.05, 4.69) is 31.4 Å². The average molecular weight is 212 g/mol. The third-order valence-electron chi connectivity index (χ3n) is 3.23. The van der Waals surface area contributed by atoms with Gasteiger partial charge in [-0.15, -0.1) is 0 Å². The summed E-state index contributed by atoms with van der Waals surface area (Å²) in [6, 6.07) is 0.324. The van der Waals surface area contributed by atoms with Crippen molar-refractivity contribution in [2.75, 3.05) is 13.1 Å². The molecule has 0 bridgehead atoms. The molecule has 15 heavy (non-hydrogen) atoms. The molecule has 88 valence electrons. The number of carbonyl (C=O) groups excluding carboxylic acids is 1. The predicted octanol–water partition coefficient (Wildman–Crippen LogP) is 1.54. The molecule has 0 aromatic rings. The molecule has 1 unspecified atom stereocenters. The molecule has 1 fully saturated rings. The van der Waals surface area contributed by atoms with Crippen LogP contribution in [0.3, 0.4) is 0 Å². The minimum absolute atomic E-state index is 0.175. The van der Waals surface area contributed by atoms with Gasteiger partial charge in [-0.2, -0.15) is 0 Å². The van der Waals surface area contributed by atoms with Gasteiger partial charge in [0.15, 0.2) is 0 Å². The highest BCUT2D eigenvalue weighted by atomic mass is 16.2. The summed E-state index contributed by atoms with van der Waals surface area (Å²) in [6.07, 6.45) is 3.48. The van der Waals surface area contributed by atoms with E-state index < -0.39 is 0 Å². The van der Waals surface area contributed by atoms with Crippen LogP contribution in [0.15, 0.2) is 0 Å². The van der Waals surface area contributed by atoms with Gasteiger partial charge in [0.1, 0.15) is 0 Å².